The van der Waals surface area contributed by atoms with Gasteiger partial charge in [-0.15, -0.1) is 0 Å². The maximum atomic E-state index is 11.8. The number of aliphatic hydroxyl groups excluding tert-OH is 2. The molecule has 1 aliphatic heterocycles. The molecular weight excluding hydrogens is 360 g/mol. The first-order valence-corrected chi connectivity index (χ1v) is 7.89. The Bertz CT molecular complexity index is 779. The van der Waals surface area contributed by atoms with Crippen molar-refractivity contribution in [2.75, 3.05) is 27.9 Å². The summed E-state index contributed by atoms with van der Waals surface area (Å²) in [6, 6.07) is 3.36. The minimum absolute atomic E-state index is 0.0148. The van der Waals surface area contributed by atoms with Crippen molar-refractivity contribution in [3.8, 4) is 17.2 Å². The van der Waals surface area contributed by atoms with Crippen LogP contribution in [-0.2, 0) is 19.1 Å². The van der Waals surface area contributed by atoms with E-state index in [4.69, 9.17) is 23.7 Å². The number of carbonyl (C=O) groups is 2. The third kappa shape index (κ3) is 4.43. The van der Waals surface area contributed by atoms with E-state index in [2.05, 4.69) is 0 Å². The monoisotopic (exact) mass is 380 g/mol. The van der Waals surface area contributed by atoms with E-state index < -0.39 is 29.6 Å². The number of hydrogen-bond acceptors (Lipinski definition) is 9. The van der Waals surface area contributed by atoms with Gasteiger partial charge >= 0.3 is 11.9 Å². The molecule has 0 aromatic heterocycles. The predicted molar refractivity (Wildman–Crippen MR) is 92.9 cm³/mol. The molecule has 0 amide bonds. The van der Waals surface area contributed by atoms with Crippen molar-refractivity contribution in [3.05, 3.63) is 35.3 Å². The first-order valence-electron chi connectivity index (χ1n) is 7.89. The number of rotatable bonds is 8. The second-order valence-electron chi connectivity index (χ2n) is 5.34. The van der Waals surface area contributed by atoms with Gasteiger partial charge in [0.1, 0.15) is 0 Å². The number of hydrogen-bond donors (Lipinski definition) is 2. The highest BCUT2D eigenvalue weighted by Gasteiger charge is 2.34. The fourth-order valence-corrected chi connectivity index (χ4v) is 2.42. The zero-order valence-electron chi connectivity index (χ0n) is 15.1. The van der Waals surface area contributed by atoms with E-state index in [0.717, 1.165) is 0 Å². The maximum Gasteiger partial charge on any atom is 0.377 e. The fourth-order valence-electron chi connectivity index (χ4n) is 2.42. The van der Waals surface area contributed by atoms with Crippen LogP contribution in [0.3, 0.4) is 0 Å². The molecule has 0 radical (unpaired) electrons. The second kappa shape index (κ2) is 8.84. The summed E-state index contributed by atoms with van der Waals surface area (Å²) in [6.45, 7) is -0.123. The van der Waals surface area contributed by atoms with Gasteiger partial charge in [0, 0.05) is 18.1 Å². The van der Waals surface area contributed by atoms with Crippen LogP contribution in [0, 0.1) is 0 Å². The molecule has 146 valence electrons. The molecular formula is C18H20O9. The van der Waals surface area contributed by atoms with Crippen molar-refractivity contribution in [2.24, 2.45) is 0 Å². The topological polar surface area (TPSA) is 121 Å². The molecule has 0 saturated heterocycles. The summed E-state index contributed by atoms with van der Waals surface area (Å²) in [6.07, 6.45) is 1.67. The average molecular weight is 380 g/mol. The number of esters is 2. The molecule has 0 unspecified atom stereocenters. The summed E-state index contributed by atoms with van der Waals surface area (Å²) >= 11 is 0. The molecule has 0 saturated carbocycles. The summed E-state index contributed by atoms with van der Waals surface area (Å²) in [7, 11) is 4.43. The molecule has 2 rings (SSSR count). The van der Waals surface area contributed by atoms with Gasteiger partial charge in [0.25, 0.3) is 0 Å². The number of ether oxygens (including phenoxy) is 5. The van der Waals surface area contributed by atoms with E-state index in [1.165, 1.54) is 33.5 Å². The molecule has 0 spiro atoms. The van der Waals surface area contributed by atoms with Crippen molar-refractivity contribution in [3.63, 3.8) is 0 Å². The van der Waals surface area contributed by atoms with Gasteiger partial charge in [-0.2, -0.15) is 0 Å². The largest absolute Gasteiger partial charge is 0.505 e. The van der Waals surface area contributed by atoms with E-state index in [1.807, 2.05) is 0 Å². The Labute approximate surface area is 155 Å². The first-order chi connectivity index (χ1) is 12.9. The molecule has 1 aliphatic rings. The van der Waals surface area contributed by atoms with Crippen LogP contribution in [0.1, 0.15) is 12.0 Å². The highest BCUT2D eigenvalue weighted by molar-refractivity contribution is 5.89. The van der Waals surface area contributed by atoms with Crippen molar-refractivity contribution in [2.45, 2.75) is 12.5 Å². The summed E-state index contributed by atoms with van der Waals surface area (Å²) < 4.78 is 25.5. The van der Waals surface area contributed by atoms with Crippen LogP contribution in [0.4, 0.5) is 0 Å². The lowest BCUT2D eigenvalue weighted by molar-refractivity contribution is -0.144. The van der Waals surface area contributed by atoms with Gasteiger partial charge in [-0.05, 0) is 18.2 Å². The maximum absolute atomic E-state index is 11.8. The molecule has 0 aliphatic carbocycles. The third-order valence-electron chi connectivity index (χ3n) is 3.75. The third-order valence-corrected chi connectivity index (χ3v) is 3.75. The second-order valence-corrected chi connectivity index (χ2v) is 5.34. The van der Waals surface area contributed by atoms with Crippen LogP contribution < -0.4 is 14.2 Å². The van der Waals surface area contributed by atoms with E-state index in [9.17, 15) is 19.8 Å². The SMILES string of the molecule is COc1ccc(/C=C/C(=O)OCC[C@H]2OC(=O)C(O)=C2O)c(OC)c1OC. The lowest BCUT2D eigenvalue weighted by atomic mass is 10.1. The van der Waals surface area contributed by atoms with Crippen molar-refractivity contribution in [1.29, 1.82) is 0 Å². The highest BCUT2D eigenvalue weighted by Crippen LogP contribution is 2.40. The van der Waals surface area contributed by atoms with Crippen LogP contribution in [0.2, 0.25) is 0 Å². The van der Waals surface area contributed by atoms with E-state index >= 15 is 0 Å². The number of carbonyl (C=O) groups excluding carboxylic acids is 2. The van der Waals surface area contributed by atoms with E-state index in [1.54, 1.807) is 12.1 Å². The smallest absolute Gasteiger partial charge is 0.377 e. The molecule has 1 aromatic carbocycles. The molecule has 9 heteroatoms. The Hall–Kier alpha value is -3.36. The van der Waals surface area contributed by atoms with Gasteiger partial charge in [-0.25, -0.2) is 9.59 Å². The van der Waals surface area contributed by atoms with Gasteiger partial charge in [0.15, 0.2) is 23.4 Å². The summed E-state index contributed by atoms with van der Waals surface area (Å²) in [4.78, 5) is 22.9. The van der Waals surface area contributed by atoms with E-state index in [0.29, 0.717) is 22.8 Å². The van der Waals surface area contributed by atoms with Crippen molar-refractivity contribution in [1.82, 2.24) is 0 Å². The number of benzene rings is 1. The van der Waals surface area contributed by atoms with Crippen LogP contribution in [0.15, 0.2) is 29.7 Å². The lowest BCUT2D eigenvalue weighted by Gasteiger charge is -2.14. The van der Waals surface area contributed by atoms with Crippen LogP contribution in [0.25, 0.3) is 6.08 Å². The molecule has 0 bridgehead atoms. The molecule has 9 nitrogen and oxygen atoms in total. The predicted octanol–water partition coefficient (Wildman–Crippen LogP) is 1.91. The number of methoxy groups -OCH3 is 3. The fraction of sp³-hybridized carbons (Fsp3) is 0.333. The molecule has 0 fully saturated rings. The van der Waals surface area contributed by atoms with E-state index in [-0.39, 0.29) is 13.0 Å². The standard InChI is InChI=1S/C18H20O9/c1-23-12-6-4-10(16(24-2)17(12)25-3)5-7-13(19)26-9-8-11-14(20)15(21)18(22)27-11/h4-7,11,20-21H,8-9H2,1-3H3/b7-5+/t11-/m1/s1. The molecule has 1 heterocycles. The summed E-state index contributed by atoms with van der Waals surface area (Å²) in [5, 5.41) is 18.7. The quantitative estimate of drug-likeness (QED) is 0.514. The molecule has 1 atom stereocenters. The summed E-state index contributed by atoms with van der Waals surface area (Å²) in [5.41, 5.74) is 0.572. The Morgan fingerprint density at radius 3 is 2.41 bits per heavy atom. The zero-order chi connectivity index (χ0) is 20.0. The van der Waals surface area contributed by atoms with Gasteiger partial charge in [0.05, 0.1) is 27.9 Å². The Kier molecular flexibility index (Phi) is 6.53. The molecule has 2 N–H and O–H groups in total. The van der Waals surface area contributed by atoms with Gasteiger partial charge in [-0.1, -0.05) is 0 Å². The van der Waals surface area contributed by atoms with Crippen molar-refractivity contribution >= 4 is 18.0 Å². The minimum atomic E-state index is -1.03. The molecule has 1 aromatic rings. The van der Waals surface area contributed by atoms with Crippen LogP contribution in [-0.4, -0.2) is 56.2 Å². The normalized spacial score (nSPS) is 16.4. The first kappa shape index (κ1) is 20.0. The number of cyclic esters (lactones) is 1. The zero-order valence-corrected chi connectivity index (χ0v) is 15.1. The van der Waals surface area contributed by atoms with Gasteiger partial charge in [0.2, 0.25) is 11.5 Å². The van der Waals surface area contributed by atoms with Crippen molar-refractivity contribution < 1.29 is 43.5 Å². The Balaban J connectivity index is 1.96. The number of aliphatic hydroxyl groups is 2. The Morgan fingerprint density at radius 2 is 1.85 bits per heavy atom. The molecule has 27 heavy (non-hydrogen) atoms. The average Bonchev–Trinajstić information content (AvgIpc) is 2.92. The van der Waals surface area contributed by atoms with Gasteiger partial charge < -0.3 is 33.9 Å². The van der Waals surface area contributed by atoms with Crippen LogP contribution in [0.5, 0.6) is 17.2 Å². The van der Waals surface area contributed by atoms with Crippen LogP contribution >= 0.6 is 0 Å². The minimum Gasteiger partial charge on any atom is -0.505 e. The Morgan fingerprint density at radius 1 is 1.15 bits per heavy atom. The highest BCUT2D eigenvalue weighted by atomic mass is 16.6. The lowest BCUT2D eigenvalue weighted by Crippen LogP contribution is -2.16. The van der Waals surface area contributed by atoms with Gasteiger partial charge in [-0.3, -0.25) is 0 Å². The summed E-state index contributed by atoms with van der Waals surface area (Å²) in [5.74, 6) is -1.79.